The summed E-state index contributed by atoms with van der Waals surface area (Å²) in [6.45, 7) is 2.09. The maximum Gasteiger partial charge on any atom is 0.186 e. The van der Waals surface area contributed by atoms with Crippen molar-refractivity contribution in [2.75, 3.05) is 7.05 Å². The van der Waals surface area contributed by atoms with Crippen molar-refractivity contribution in [1.29, 1.82) is 0 Å². The summed E-state index contributed by atoms with van der Waals surface area (Å²) in [5.74, 6) is 0.276. The second kappa shape index (κ2) is 6.14. The summed E-state index contributed by atoms with van der Waals surface area (Å²) in [4.78, 5) is 0. The molecule has 0 saturated heterocycles. The summed E-state index contributed by atoms with van der Waals surface area (Å²) in [7, 11) is 1.76. The first-order valence-corrected chi connectivity index (χ1v) is 5.20. The summed E-state index contributed by atoms with van der Waals surface area (Å²) >= 11 is 4.89. The Hall–Kier alpha value is -1.42. The van der Waals surface area contributed by atoms with Crippen LogP contribution in [0.3, 0.4) is 0 Å². The Labute approximate surface area is 95.6 Å². The molecule has 0 aliphatic heterocycles. The van der Waals surface area contributed by atoms with Crippen LogP contribution < -0.4 is 10.7 Å². The third kappa shape index (κ3) is 4.08. The third-order valence-electron chi connectivity index (χ3n) is 2.02. The van der Waals surface area contributed by atoms with Gasteiger partial charge in [-0.1, -0.05) is 37.3 Å². The molecule has 80 valence electrons. The molecule has 0 saturated carbocycles. The number of hydrogen-bond acceptors (Lipinski definition) is 2. The van der Waals surface area contributed by atoms with Crippen molar-refractivity contribution >= 4 is 23.5 Å². The van der Waals surface area contributed by atoms with E-state index in [1.807, 2.05) is 24.4 Å². The van der Waals surface area contributed by atoms with E-state index in [2.05, 4.69) is 34.9 Å². The summed E-state index contributed by atoms with van der Waals surface area (Å²) in [5.41, 5.74) is 3.96. The van der Waals surface area contributed by atoms with Crippen LogP contribution in [0.15, 0.2) is 35.4 Å². The smallest absolute Gasteiger partial charge is 0.186 e. The predicted molar refractivity (Wildman–Crippen MR) is 68.1 cm³/mol. The Kier molecular flexibility index (Phi) is 4.77. The van der Waals surface area contributed by atoms with Crippen LogP contribution in [-0.2, 0) is 0 Å². The highest BCUT2D eigenvalue weighted by atomic mass is 32.1. The quantitative estimate of drug-likeness (QED) is 0.465. The zero-order valence-electron chi connectivity index (χ0n) is 8.90. The van der Waals surface area contributed by atoms with Crippen molar-refractivity contribution in [1.82, 2.24) is 10.7 Å². The van der Waals surface area contributed by atoms with Crippen molar-refractivity contribution < 1.29 is 0 Å². The van der Waals surface area contributed by atoms with E-state index in [0.717, 1.165) is 0 Å². The van der Waals surface area contributed by atoms with Crippen LogP contribution in [0.1, 0.15) is 18.4 Å². The van der Waals surface area contributed by atoms with Gasteiger partial charge in [0.05, 0.1) is 0 Å². The van der Waals surface area contributed by atoms with Gasteiger partial charge in [0, 0.05) is 19.2 Å². The van der Waals surface area contributed by atoms with Crippen molar-refractivity contribution in [3.63, 3.8) is 0 Å². The molecule has 3 nitrogen and oxygen atoms in total. The van der Waals surface area contributed by atoms with E-state index < -0.39 is 0 Å². The van der Waals surface area contributed by atoms with Crippen molar-refractivity contribution in [3.8, 4) is 0 Å². The van der Waals surface area contributed by atoms with Crippen LogP contribution in [0.25, 0.3) is 0 Å². The largest absolute Gasteiger partial charge is 0.364 e. The lowest BCUT2D eigenvalue weighted by Gasteiger charge is -2.05. The van der Waals surface area contributed by atoms with E-state index in [-0.39, 0.29) is 5.92 Å². The molecule has 0 radical (unpaired) electrons. The van der Waals surface area contributed by atoms with Crippen LogP contribution in [-0.4, -0.2) is 18.4 Å². The summed E-state index contributed by atoms with van der Waals surface area (Å²) < 4.78 is 0. The zero-order chi connectivity index (χ0) is 11.1. The Morgan fingerprint density at radius 2 is 2.07 bits per heavy atom. The first-order chi connectivity index (χ1) is 7.24. The lowest BCUT2D eigenvalue weighted by atomic mass is 10.0. The van der Waals surface area contributed by atoms with Crippen LogP contribution >= 0.6 is 12.2 Å². The fraction of sp³-hybridized carbons (Fsp3) is 0.273. The molecule has 1 atom stereocenters. The van der Waals surface area contributed by atoms with Gasteiger partial charge in [-0.25, -0.2) is 0 Å². The van der Waals surface area contributed by atoms with Crippen molar-refractivity contribution in [3.05, 3.63) is 35.9 Å². The monoisotopic (exact) mass is 221 g/mol. The first-order valence-electron chi connectivity index (χ1n) is 4.80. The van der Waals surface area contributed by atoms with Crippen LogP contribution in [0.5, 0.6) is 0 Å². The molecule has 0 aliphatic carbocycles. The molecule has 1 aromatic carbocycles. The van der Waals surface area contributed by atoms with Crippen LogP contribution in [0.2, 0.25) is 0 Å². The maximum atomic E-state index is 4.89. The van der Waals surface area contributed by atoms with Gasteiger partial charge in [0.2, 0.25) is 0 Å². The minimum atomic E-state index is 0.276. The Balaban J connectivity index is 2.49. The fourth-order valence-corrected chi connectivity index (χ4v) is 1.16. The van der Waals surface area contributed by atoms with Gasteiger partial charge in [0.15, 0.2) is 5.11 Å². The molecule has 15 heavy (non-hydrogen) atoms. The zero-order valence-corrected chi connectivity index (χ0v) is 9.71. The molecule has 0 heterocycles. The van der Waals surface area contributed by atoms with Gasteiger partial charge in [-0.2, -0.15) is 5.10 Å². The Bertz CT molecular complexity index is 335. The van der Waals surface area contributed by atoms with Crippen LogP contribution in [0, 0.1) is 0 Å². The molecule has 0 aromatic heterocycles. The first kappa shape index (κ1) is 11.7. The molecule has 2 N–H and O–H groups in total. The van der Waals surface area contributed by atoms with Gasteiger partial charge in [-0.3, -0.25) is 5.43 Å². The minimum absolute atomic E-state index is 0.276. The molecule has 0 unspecified atom stereocenters. The SMILES string of the molecule is CNC(=S)N/N=C/[C@@H](C)c1ccccc1. The second-order valence-corrected chi connectivity index (χ2v) is 3.58. The van der Waals surface area contributed by atoms with E-state index in [1.165, 1.54) is 5.56 Å². The molecule has 0 spiro atoms. The van der Waals surface area contributed by atoms with Gasteiger partial charge in [0.25, 0.3) is 0 Å². The highest BCUT2D eigenvalue weighted by Crippen LogP contribution is 2.11. The summed E-state index contributed by atoms with van der Waals surface area (Å²) in [6.07, 6.45) is 1.83. The molecule has 0 amide bonds. The standard InChI is InChI=1S/C11H15N3S/c1-9(8-13-14-11(15)12-2)10-6-4-3-5-7-10/h3-9H,1-2H3,(H2,12,14,15)/b13-8+/t9-/m1/s1. The van der Waals surface area contributed by atoms with E-state index in [1.54, 1.807) is 7.05 Å². The number of benzene rings is 1. The fourth-order valence-electron chi connectivity index (χ4n) is 1.11. The van der Waals surface area contributed by atoms with Crippen molar-refractivity contribution in [2.45, 2.75) is 12.8 Å². The molecule has 1 rings (SSSR count). The highest BCUT2D eigenvalue weighted by Gasteiger charge is 1.99. The van der Waals surface area contributed by atoms with E-state index in [9.17, 15) is 0 Å². The van der Waals surface area contributed by atoms with E-state index in [0.29, 0.717) is 5.11 Å². The number of hydrazone groups is 1. The average Bonchev–Trinajstić information content (AvgIpc) is 2.29. The normalized spacial score (nSPS) is 12.4. The summed E-state index contributed by atoms with van der Waals surface area (Å²) in [5, 5.41) is 7.34. The molecule has 0 fully saturated rings. The van der Waals surface area contributed by atoms with Crippen LogP contribution in [0.4, 0.5) is 0 Å². The van der Waals surface area contributed by atoms with E-state index in [4.69, 9.17) is 12.2 Å². The number of nitrogens with one attached hydrogen (secondary N) is 2. The Morgan fingerprint density at radius 3 is 2.67 bits per heavy atom. The molecule has 0 bridgehead atoms. The highest BCUT2D eigenvalue weighted by molar-refractivity contribution is 7.80. The number of thiocarbonyl (C=S) groups is 1. The number of rotatable bonds is 3. The molecule has 0 aliphatic rings. The molecule has 4 heteroatoms. The lowest BCUT2D eigenvalue weighted by molar-refractivity contribution is 0.950. The van der Waals surface area contributed by atoms with Gasteiger partial charge in [0.1, 0.15) is 0 Å². The molecule has 1 aromatic rings. The van der Waals surface area contributed by atoms with Gasteiger partial charge < -0.3 is 5.32 Å². The third-order valence-corrected chi connectivity index (χ3v) is 2.31. The van der Waals surface area contributed by atoms with E-state index >= 15 is 0 Å². The lowest BCUT2D eigenvalue weighted by Crippen LogP contribution is -2.28. The molecular formula is C11H15N3S. The minimum Gasteiger partial charge on any atom is -0.364 e. The summed E-state index contributed by atoms with van der Waals surface area (Å²) in [6, 6.07) is 10.2. The Morgan fingerprint density at radius 1 is 1.40 bits per heavy atom. The molecular weight excluding hydrogens is 206 g/mol. The number of hydrogen-bond donors (Lipinski definition) is 2. The van der Waals surface area contributed by atoms with Gasteiger partial charge in [-0.15, -0.1) is 0 Å². The maximum absolute atomic E-state index is 4.89. The second-order valence-electron chi connectivity index (χ2n) is 3.17. The van der Waals surface area contributed by atoms with Crippen molar-refractivity contribution in [2.24, 2.45) is 5.10 Å². The topological polar surface area (TPSA) is 36.4 Å². The number of nitrogens with zero attached hydrogens (tertiary/aromatic N) is 1. The average molecular weight is 221 g/mol. The van der Waals surface area contributed by atoms with Gasteiger partial charge in [-0.05, 0) is 17.8 Å². The van der Waals surface area contributed by atoms with Gasteiger partial charge >= 0.3 is 0 Å². The predicted octanol–water partition coefficient (Wildman–Crippen LogP) is 1.87.